The first-order chi connectivity index (χ1) is 8.11. The predicted octanol–water partition coefficient (Wildman–Crippen LogP) is 2.51. The fourth-order valence-corrected chi connectivity index (χ4v) is 2.70. The molecule has 2 N–H and O–H groups in total. The zero-order chi connectivity index (χ0) is 12.7. The fourth-order valence-electron chi connectivity index (χ4n) is 1.55. The molecular weight excluding hydrogens is 248 g/mol. The Labute approximate surface area is 114 Å². The van der Waals surface area contributed by atoms with Crippen molar-refractivity contribution in [3.63, 3.8) is 0 Å². The highest BCUT2D eigenvalue weighted by atomic mass is 32.2. The van der Waals surface area contributed by atoms with Crippen molar-refractivity contribution >= 4 is 29.0 Å². The van der Waals surface area contributed by atoms with E-state index in [4.69, 9.17) is 18.0 Å². The van der Waals surface area contributed by atoms with Crippen LogP contribution in [0.15, 0.2) is 24.3 Å². The number of hydrogen-bond acceptors (Lipinski definition) is 3. The van der Waals surface area contributed by atoms with Gasteiger partial charge < -0.3 is 10.6 Å². The van der Waals surface area contributed by atoms with Crippen molar-refractivity contribution in [3.05, 3.63) is 35.4 Å². The third-order valence-corrected chi connectivity index (χ3v) is 3.75. The third-order valence-electron chi connectivity index (χ3n) is 2.43. The summed E-state index contributed by atoms with van der Waals surface area (Å²) < 4.78 is 0. The standard InChI is InChI=1S/C13H20N2S2/c1-15(2)8-5-9-17-10-11-6-3-4-7-12(11)13(14)16/h3-4,6-7H,5,8-10H2,1-2H3,(H2,14,16). The molecular formula is C13H20N2S2. The maximum atomic E-state index is 5.70. The molecule has 0 atom stereocenters. The molecule has 0 fully saturated rings. The first kappa shape index (κ1) is 14.5. The van der Waals surface area contributed by atoms with Crippen molar-refractivity contribution in [3.8, 4) is 0 Å². The lowest BCUT2D eigenvalue weighted by molar-refractivity contribution is 0.410. The minimum absolute atomic E-state index is 0.495. The van der Waals surface area contributed by atoms with Gasteiger partial charge in [0.25, 0.3) is 0 Å². The average molecular weight is 268 g/mol. The lowest BCUT2D eigenvalue weighted by Crippen LogP contribution is -2.13. The molecule has 0 aromatic heterocycles. The SMILES string of the molecule is CN(C)CCCSCc1ccccc1C(N)=S. The summed E-state index contributed by atoms with van der Waals surface area (Å²) >= 11 is 6.99. The molecule has 0 spiro atoms. The van der Waals surface area contributed by atoms with Gasteiger partial charge in [0.1, 0.15) is 4.99 Å². The molecule has 0 aliphatic heterocycles. The molecule has 0 aliphatic carbocycles. The summed E-state index contributed by atoms with van der Waals surface area (Å²) in [5.74, 6) is 2.16. The Bertz CT molecular complexity index is 364. The van der Waals surface area contributed by atoms with Gasteiger partial charge in [0, 0.05) is 11.3 Å². The van der Waals surface area contributed by atoms with Crippen LogP contribution in [0, 0.1) is 0 Å². The van der Waals surface area contributed by atoms with E-state index in [9.17, 15) is 0 Å². The average Bonchev–Trinajstić information content (AvgIpc) is 2.28. The minimum atomic E-state index is 0.495. The van der Waals surface area contributed by atoms with Crippen LogP contribution in [0.1, 0.15) is 17.5 Å². The molecule has 2 nitrogen and oxygen atoms in total. The minimum Gasteiger partial charge on any atom is -0.389 e. The summed E-state index contributed by atoms with van der Waals surface area (Å²) in [6.45, 7) is 1.14. The Kier molecular flexibility index (Phi) is 6.55. The van der Waals surface area contributed by atoms with Gasteiger partial charge in [-0.25, -0.2) is 0 Å². The molecule has 17 heavy (non-hydrogen) atoms. The summed E-state index contributed by atoms with van der Waals surface area (Å²) in [4.78, 5) is 2.71. The smallest absolute Gasteiger partial charge is 0.104 e. The van der Waals surface area contributed by atoms with Gasteiger partial charge in [0.2, 0.25) is 0 Å². The first-order valence-electron chi connectivity index (χ1n) is 5.71. The van der Waals surface area contributed by atoms with Crippen LogP contribution in [0.25, 0.3) is 0 Å². The molecule has 94 valence electrons. The zero-order valence-corrected chi connectivity index (χ0v) is 12.1. The van der Waals surface area contributed by atoms with Crippen molar-refractivity contribution in [2.45, 2.75) is 12.2 Å². The largest absolute Gasteiger partial charge is 0.389 e. The van der Waals surface area contributed by atoms with Crippen LogP contribution in [0.3, 0.4) is 0 Å². The molecule has 0 heterocycles. The van der Waals surface area contributed by atoms with Crippen molar-refractivity contribution in [1.82, 2.24) is 4.90 Å². The number of thioether (sulfide) groups is 1. The number of nitrogens with zero attached hydrogens (tertiary/aromatic N) is 1. The van der Waals surface area contributed by atoms with Crippen LogP contribution in [0.4, 0.5) is 0 Å². The van der Waals surface area contributed by atoms with Gasteiger partial charge in [-0.05, 0) is 38.4 Å². The molecule has 0 bridgehead atoms. The van der Waals surface area contributed by atoms with E-state index in [1.807, 2.05) is 30.0 Å². The summed E-state index contributed by atoms with van der Waals surface area (Å²) in [6, 6.07) is 8.12. The van der Waals surface area contributed by atoms with E-state index in [0.717, 1.165) is 17.9 Å². The highest BCUT2D eigenvalue weighted by Crippen LogP contribution is 2.17. The Morgan fingerprint density at radius 3 is 2.71 bits per heavy atom. The normalized spacial score (nSPS) is 10.8. The van der Waals surface area contributed by atoms with Crippen molar-refractivity contribution in [2.24, 2.45) is 5.73 Å². The third kappa shape index (κ3) is 5.52. The van der Waals surface area contributed by atoms with Gasteiger partial charge in [-0.15, -0.1) is 0 Å². The molecule has 4 heteroatoms. The second kappa shape index (κ2) is 7.69. The van der Waals surface area contributed by atoms with Crippen LogP contribution in [-0.4, -0.2) is 36.3 Å². The number of hydrogen-bond donors (Lipinski definition) is 1. The number of rotatable bonds is 7. The Hall–Kier alpha value is -0.580. The summed E-state index contributed by atoms with van der Waals surface area (Å²) in [7, 11) is 4.21. The maximum Gasteiger partial charge on any atom is 0.104 e. The number of thiocarbonyl (C=S) groups is 1. The lowest BCUT2D eigenvalue weighted by atomic mass is 10.1. The first-order valence-corrected chi connectivity index (χ1v) is 7.27. The van der Waals surface area contributed by atoms with Crippen LogP contribution in [-0.2, 0) is 5.75 Å². The van der Waals surface area contributed by atoms with E-state index >= 15 is 0 Å². The van der Waals surface area contributed by atoms with E-state index in [2.05, 4.69) is 25.1 Å². The van der Waals surface area contributed by atoms with E-state index in [0.29, 0.717) is 4.99 Å². The van der Waals surface area contributed by atoms with Gasteiger partial charge in [0.15, 0.2) is 0 Å². The van der Waals surface area contributed by atoms with E-state index in [1.54, 1.807) is 0 Å². The van der Waals surface area contributed by atoms with Crippen LogP contribution in [0.2, 0.25) is 0 Å². The second-order valence-corrected chi connectivity index (χ2v) is 5.78. The lowest BCUT2D eigenvalue weighted by Gasteiger charge is -2.10. The Balaban J connectivity index is 2.39. The Morgan fingerprint density at radius 1 is 1.35 bits per heavy atom. The van der Waals surface area contributed by atoms with Crippen LogP contribution in [0.5, 0.6) is 0 Å². The maximum absolute atomic E-state index is 5.70. The quantitative estimate of drug-likeness (QED) is 0.608. The molecule has 0 radical (unpaired) electrons. The summed E-state index contributed by atoms with van der Waals surface area (Å²) in [6.07, 6.45) is 1.22. The fraction of sp³-hybridized carbons (Fsp3) is 0.462. The molecule has 1 rings (SSSR count). The number of benzene rings is 1. The summed E-state index contributed by atoms with van der Waals surface area (Å²) in [5.41, 5.74) is 7.96. The van der Waals surface area contributed by atoms with E-state index < -0.39 is 0 Å². The zero-order valence-electron chi connectivity index (χ0n) is 10.5. The van der Waals surface area contributed by atoms with Gasteiger partial charge in [-0.2, -0.15) is 11.8 Å². The van der Waals surface area contributed by atoms with Crippen molar-refractivity contribution < 1.29 is 0 Å². The molecule has 1 aromatic rings. The topological polar surface area (TPSA) is 29.3 Å². The van der Waals surface area contributed by atoms with Crippen LogP contribution < -0.4 is 5.73 Å². The molecule has 0 unspecified atom stereocenters. The van der Waals surface area contributed by atoms with E-state index in [1.165, 1.54) is 17.7 Å². The Morgan fingerprint density at radius 2 is 2.06 bits per heavy atom. The monoisotopic (exact) mass is 268 g/mol. The number of nitrogens with two attached hydrogens (primary N) is 1. The molecule has 0 aliphatic rings. The van der Waals surface area contributed by atoms with Gasteiger partial charge in [-0.1, -0.05) is 36.5 Å². The predicted molar refractivity (Wildman–Crippen MR) is 81.7 cm³/mol. The molecule has 1 aromatic carbocycles. The van der Waals surface area contributed by atoms with Gasteiger partial charge in [0.05, 0.1) is 0 Å². The molecule has 0 saturated heterocycles. The van der Waals surface area contributed by atoms with Crippen LogP contribution >= 0.6 is 24.0 Å². The second-order valence-electron chi connectivity index (χ2n) is 4.23. The molecule has 0 amide bonds. The highest BCUT2D eigenvalue weighted by Gasteiger charge is 2.03. The summed E-state index contributed by atoms with van der Waals surface area (Å²) in [5, 5.41) is 0. The highest BCUT2D eigenvalue weighted by molar-refractivity contribution is 7.98. The van der Waals surface area contributed by atoms with Gasteiger partial charge >= 0.3 is 0 Å². The van der Waals surface area contributed by atoms with E-state index in [-0.39, 0.29) is 0 Å². The van der Waals surface area contributed by atoms with Gasteiger partial charge in [-0.3, -0.25) is 0 Å². The molecule has 0 saturated carbocycles. The van der Waals surface area contributed by atoms with Crippen molar-refractivity contribution in [1.29, 1.82) is 0 Å². The van der Waals surface area contributed by atoms with Crippen molar-refractivity contribution in [2.75, 3.05) is 26.4 Å².